The number of fused-ring (bicyclic) bond motifs is 1. The van der Waals surface area contributed by atoms with E-state index in [0.717, 1.165) is 24.8 Å². The lowest BCUT2D eigenvalue weighted by Crippen LogP contribution is -2.13. The number of nitrogens with two attached hydrogens (primary N) is 1. The summed E-state index contributed by atoms with van der Waals surface area (Å²) in [6.45, 7) is 0. The van der Waals surface area contributed by atoms with Crippen LogP contribution in [0.2, 0.25) is 0 Å². The predicted molar refractivity (Wildman–Crippen MR) is 41.3 cm³/mol. The molecule has 1 aliphatic rings. The van der Waals surface area contributed by atoms with E-state index in [4.69, 9.17) is 5.73 Å². The highest BCUT2D eigenvalue weighted by atomic mass is 16.1. The van der Waals surface area contributed by atoms with Crippen molar-refractivity contribution in [2.45, 2.75) is 19.3 Å². The fraction of sp³-hybridized carbons (Fsp3) is 0.375. The summed E-state index contributed by atoms with van der Waals surface area (Å²) < 4.78 is 0. The fourth-order valence-electron chi connectivity index (χ4n) is 1.68. The Morgan fingerprint density at radius 1 is 1.55 bits per heavy atom. The van der Waals surface area contributed by atoms with Gasteiger partial charge in [-0.15, -0.1) is 0 Å². The summed E-state index contributed by atoms with van der Waals surface area (Å²) in [4.78, 5) is 13.7. The van der Waals surface area contributed by atoms with E-state index in [2.05, 4.69) is 4.98 Å². The molecule has 0 saturated carbocycles. The monoisotopic (exact) mass is 150 g/mol. The minimum absolute atomic E-state index is 0.340. The largest absolute Gasteiger partial charge is 0.364 e. The number of amides is 1. The molecule has 2 rings (SSSR count). The molecule has 1 aliphatic carbocycles. The molecule has 1 amide bonds. The van der Waals surface area contributed by atoms with E-state index in [1.54, 1.807) is 0 Å². The summed E-state index contributed by atoms with van der Waals surface area (Å²) >= 11 is 0. The topological polar surface area (TPSA) is 58.9 Å². The molecule has 0 aromatic carbocycles. The zero-order valence-corrected chi connectivity index (χ0v) is 6.18. The Kier molecular flexibility index (Phi) is 1.24. The quantitative estimate of drug-likeness (QED) is 0.605. The van der Waals surface area contributed by atoms with Crippen LogP contribution in [0.4, 0.5) is 0 Å². The van der Waals surface area contributed by atoms with Crippen molar-refractivity contribution in [3.63, 3.8) is 0 Å². The number of rotatable bonds is 1. The van der Waals surface area contributed by atoms with Crippen molar-refractivity contribution in [1.82, 2.24) is 4.98 Å². The van der Waals surface area contributed by atoms with Crippen molar-refractivity contribution in [2.24, 2.45) is 5.73 Å². The second kappa shape index (κ2) is 2.12. The van der Waals surface area contributed by atoms with Crippen molar-refractivity contribution in [3.8, 4) is 0 Å². The smallest absolute Gasteiger partial charge is 0.265 e. The zero-order chi connectivity index (χ0) is 7.84. The number of aryl methyl sites for hydroxylation is 1. The van der Waals surface area contributed by atoms with Crippen LogP contribution < -0.4 is 5.73 Å². The third kappa shape index (κ3) is 0.843. The number of aromatic amines is 1. The van der Waals surface area contributed by atoms with Gasteiger partial charge in [-0.3, -0.25) is 4.79 Å². The molecule has 0 saturated heterocycles. The molecule has 0 spiro atoms. The summed E-state index contributed by atoms with van der Waals surface area (Å²) in [5.41, 5.74) is 8.17. The number of aromatic nitrogens is 1. The van der Waals surface area contributed by atoms with Gasteiger partial charge in [0, 0.05) is 6.20 Å². The Hall–Kier alpha value is -1.25. The summed E-state index contributed by atoms with van der Waals surface area (Å²) in [5, 5.41) is 0. The van der Waals surface area contributed by atoms with E-state index >= 15 is 0 Å². The van der Waals surface area contributed by atoms with Crippen LogP contribution in [0.3, 0.4) is 0 Å². The van der Waals surface area contributed by atoms with Crippen molar-refractivity contribution in [2.75, 3.05) is 0 Å². The molecule has 0 aliphatic heterocycles. The van der Waals surface area contributed by atoms with Gasteiger partial charge in [0.2, 0.25) is 0 Å². The van der Waals surface area contributed by atoms with E-state index in [0.29, 0.717) is 5.69 Å². The fourth-order valence-corrected chi connectivity index (χ4v) is 1.68. The first kappa shape index (κ1) is 6.46. The molecule has 1 heterocycles. The van der Waals surface area contributed by atoms with Crippen LogP contribution in [0.25, 0.3) is 0 Å². The molecule has 3 heteroatoms. The highest BCUT2D eigenvalue weighted by molar-refractivity contribution is 5.93. The molecule has 11 heavy (non-hydrogen) atoms. The lowest BCUT2D eigenvalue weighted by molar-refractivity contribution is 0.0995. The molecule has 0 atom stereocenters. The molecule has 0 unspecified atom stereocenters. The highest BCUT2D eigenvalue weighted by Crippen LogP contribution is 2.24. The van der Waals surface area contributed by atoms with Crippen LogP contribution >= 0.6 is 0 Å². The minimum atomic E-state index is -0.340. The van der Waals surface area contributed by atoms with Crippen molar-refractivity contribution in [3.05, 3.63) is 23.0 Å². The van der Waals surface area contributed by atoms with Crippen LogP contribution in [0.5, 0.6) is 0 Å². The van der Waals surface area contributed by atoms with Gasteiger partial charge >= 0.3 is 0 Å². The first-order valence-corrected chi connectivity index (χ1v) is 3.78. The van der Waals surface area contributed by atoms with Crippen LogP contribution in [0.15, 0.2) is 6.20 Å². The maximum atomic E-state index is 10.8. The molecule has 1 aromatic heterocycles. The average molecular weight is 150 g/mol. The van der Waals surface area contributed by atoms with Crippen LogP contribution in [-0.4, -0.2) is 10.9 Å². The standard InChI is InChI=1S/C8H10N2O/c9-8(11)7-6-3-1-2-5(6)4-10-7/h4,10H,1-3H2,(H2,9,11). The second-order valence-electron chi connectivity index (χ2n) is 2.89. The van der Waals surface area contributed by atoms with Crippen molar-refractivity contribution >= 4 is 5.91 Å². The van der Waals surface area contributed by atoms with Crippen LogP contribution in [0.1, 0.15) is 28.0 Å². The predicted octanol–water partition coefficient (Wildman–Crippen LogP) is 0.602. The SMILES string of the molecule is NC(=O)c1[nH]cc2c1CCC2. The Morgan fingerprint density at radius 3 is 3.09 bits per heavy atom. The Morgan fingerprint density at radius 2 is 2.36 bits per heavy atom. The normalized spacial score (nSPS) is 14.9. The molecule has 1 aromatic rings. The number of hydrogen-bond acceptors (Lipinski definition) is 1. The molecular formula is C8H10N2O. The minimum Gasteiger partial charge on any atom is -0.364 e. The summed E-state index contributed by atoms with van der Waals surface area (Å²) in [6.07, 6.45) is 5.12. The van der Waals surface area contributed by atoms with Gasteiger partial charge in [0.25, 0.3) is 5.91 Å². The first-order valence-electron chi connectivity index (χ1n) is 3.78. The molecule has 0 radical (unpaired) electrons. The van der Waals surface area contributed by atoms with Gasteiger partial charge in [-0.25, -0.2) is 0 Å². The average Bonchev–Trinajstić information content (AvgIpc) is 2.41. The lowest BCUT2D eigenvalue weighted by Gasteiger charge is -1.93. The molecule has 58 valence electrons. The van der Waals surface area contributed by atoms with Gasteiger partial charge in [0.1, 0.15) is 5.69 Å². The van der Waals surface area contributed by atoms with Gasteiger partial charge in [-0.2, -0.15) is 0 Å². The maximum Gasteiger partial charge on any atom is 0.265 e. The Bertz CT molecular complexity index is 301. The molecule has 3 N–H and O–H groups in total. The molecule has 3 nitrogen and oxygen atoms in total. The highest BCUT2D eigenvalue weighted by Gasteiger charge is 2.18. The number of carbonyl (C=O) groups is 1. The van der Waals surface area contributed by atoms with Gasteiger partial charge in [0.05, 0.1) is 0 Å². The number of H-pyrrole nitrogens is 1. The second-order valence-corrected chi connectivity index (χ2v) is 2.89. The third-order valence-electron chi connectivity index (χ3n) is 2.20. The van der Waals surface area contributed by atoms with E-state index in [1.165, 1.54) is 5.56 Å². The molecular weight excluding hydrogens is 140 g/mol. The van der Waals surface area contributed by atoms with Gasteiger partial charge in [0.15, 0.2) is 0 Å². The number of primary amides is 1. The van der Waals surface area contributed by atoms with Crippen molar-refractivity contribution < 1.29 is 4.79 Å². The molecule has 0 fully saturated rings. The Balaban J connectivity index is 2.50. The Labute approximate surface area is 64.6 Å². The van der Waals surface area contributed by atoms with Crippen LogP contribution in [0, 0.1) is 0 Å². The van der Waals surface area contributed by atoms with Gasteiger partial charge < -0.3 is 10.7 Å². The van der Waals surface area contributed by atoms with Crippen LogP contribution in [-0.2, 0) is 12.8 Å². The van der Waals surface area contributed by atoms with Crippen molar-refractivity contribution in [1.29, 1.82) is 0 Å². The molecule has 0 bridgehead atoms. The number of carbonyl (C=O) groups excluding carboxylic acids is 1. The lowest BCUT2D eigenvalue weighted by atomic mass is 10.2. The summed E-state index contributed by atoms with van der Waals surface area (Å²) in [6, 6.07) is 0. The van der Waals surface area contributed by atoms with E-state index in [9.17, 15) is 4.79 Å². The number of hydrogen-bond donors (Lipinski definition) is 2. The van der Waals surface area contributed by atoms with E-state index in [-0.39, 0.29) is 5.91 Å². The van der Waals surface area contributed by atoms with E-state index in [1.807, 2.05) is 6.20 Å². The third-order valence-corrected chi connectivity index (χ3v) is 2.20. The summed E-state index contributed by atoms with van der Waals surface area (Å²) in [7, 11) is 0. The van der Waals surface area contributed by atoms with E-state index < -0.39 is 0 Å². The summed E-state index contributed by atoms with van der Waals surface area (Å²) in [5.74, 6) is -0.340. The number of nitrogens with one attached hydrogen (secondary N) is 1. The van der Waals surface area contributed by atoms with Gasteiger partial charge in [-0.05, 0) is 30.4 Å². The first-order chi connectivity index (χ1) is 5.29. The van der Waals surface area contributed by atoms with Gasteiger partial charge in [-0.1, -0.05) is 0 Å². The maximum absolute atomic E-state index is 10.8. The zero-order valence-electron chi connectivity index (χ0n) is 6.18.